The minimum atomic E-state index is -0.0537. The van der Waals surface area contributed by atoms with Gasteiger partial charge in [-0.15, -0.1) is 10.2 Å². The molecule has 1 amide bonds. The Morgan fingerprint density at radius 1 is 1.32 bits per heavy atom. The Balaban J connectivity index is 1.71. The van der Waals surface area contributed by atoms with Crippen LogP contribution in [0.5, 0.6) is 0 Å². The van der Waals surface area contributed by atoms with Crippen molar-refractivity contribution in [1.29, 1.82) is 0 Å². The van der Waals surface area contributed by atoms with E-state index in [1.54, 1.807) is 12.3 Å². The molecular weight excluding hydrogens is 280 g/mol. The molecule has 7 heteroatoms. The Hall–Kier alpha value is -2.44. The summed E-state index contributed by atoms with van der Waals surface area (Å²) in [6.07, 6.45) is 3.80. The minimum Gasteiger partial charge on any atom is -0.361 e. The smallest absolute Gasteiger partial charge is 0.274 e. The van der Waals surface area contributed by atoms with Gasteiger partial charge in [0.05, 0.1) is 0 Å². The summed E-state index contributed by atoms with van der Waals surface area (Å²) in [5.74, 6) is 1.00. The van der Waals surface area contributed by atoms with Crippen molar-refractivity contribution in [2.75, 3.05) is 32.1 Å². The van der Waals surface area contributed by atoms with Crippen LogP contribution in [0.4, 0.5) is 5.82 Å². The number of rotatable bonds is 3. The fourth-order valence-corrected chi connectivity index (χ4v) is 2.75. The molecule has 0 aromatic carbocycles. The molecule has 0 radical (unpaired) electrons. The molecular formula is C15H20N6O. The lowest BCUT2D eigenvalue weighted by atomic mass is 9.95. The molecule has 1 aliphatic rings. The van der Waals surface area contributed by atoms with Crippen molar-refractivity contribution in [3.63, 3.8) is 0 Å². The van der Waals surface area contributed by atoms with E-state index in [1.807, 2.05) is 36.0 Å². The molecule has 22 heavy (non-hydrogen) atoms. The molecule has 1 atom stereocenters. The summed E-state index contributed by atoms with van der Waals surface area (Å²) in [5.41, 5.74) is 1.49. The molecule has 0 spiro atoms. The molecule has 3 rings (SSSR count). The maximum Gasteiger partial charge on any atom is 0.274 e. The van der Waals surface area contributed by atoms with E-state index in [-0.39, 0.29) is 5.91 Å². The van der Waals surface area contributed by atoms with E-state index in [1.165, 1.54) is 0 Å². The van der Waals surface area contributed by atoms with Crippen LogP contribution in [0, 0.1) is 0 Å². The lowest BCUT2D eigenvalue weighted by Gasteiger charge is -2.31. The van der Waals surface area contributed by atoms with Crippen LogP contribution in [0.15, 0.2) is 24.4 Å². The number of H-pyrrole nitrogens is 1. The average molecular weight is 300 g/mol. The first-order valence-corrected chi connectivity index (χ1v) is 7.45. The van der Waals surface area contributed by atoms with Gasteiger partial charge in [0.1, 0.15) is 0 Å². The second-order valence-electron chi connectivity index (χ2n) is 5.77. The van der Waals surface area contributed by atoms with Gasteiger partial charge in [0.2, 0.25) is 0 Å². The van der Waals surface area contributed by atoms with Gasteiger partial charge >= 0.3 is 0 Å². The largest absolute Gasteiger partial charge is 0.361 e. The Morgan fingerprint density at radius 3 is 2.82 bits per heavy atom. The number of piperidine rings is 1. The topological polar surface area (TPSA) is 78.0 Å². The van der Waals surface area contributed by atoms with E-state index in [4.69, 9.17) is 0 Å². The standard InChI is InChI=1S/C15H20N6O/c1-20(2)14-6-5-13(18-19-14)15(22)21-9-3-4-11(10-21)12-7-8-16-17-12/h5-8,11H,3-4,9-10H2,1-2H3,(H,16,17)/t11-/m0/s1. The van der Waals surface area contributed by atoms with Crippen LogP contribution in [0.1, 0.15) is 34.9 Å². The number of anilines is 1. The predicted octanol–water partition coefficient (Wildman–Crippen LogP) is 1.29. The van der Waals surface area contributed by atoms with Crippen LogP contribution in [0.25, 0.3) is 0 Å². The number of aromatic amines is 1. The van der Waals surface area contributed by atoms with Gasteiger partial charge in [-0.25, -0.2) is 0 Å². The summed E-state index contributed by atoms with van der Waals surface area (Å²) in [7, 11) is 3.79. The normalized spacial score (nSPS) is 18.3. The zero-order chi connectivity index (χ0) is 15.5. The highest BCUT2D eigenvalue weighted by molar-refractivity contribution is 5.92. The molecule has 116 valence electrons. The first-order chi connectivity index (χ1) is 10.6. The number of hydrogen-bond donors (Lipinski definition) is 1. The molecule has 2 aromatic heterocycles. The molecule has 1 N–H and O–H groups in total. The van der Waals surface area contributed by atoms with Crippen LogP contribution < -0.4 is 4.90 Å². The third kappa shape index (κ3) is 2.93. The summed E-state index contributed by atoms with van der Waals surface area (Å²) in [5, 5.41) is 15.1. The van der Waals surface area contributed by atoms with Gasteiger partial charge in [-0.1, -0.05) is 0 Å². The second-order valence-corrected chi connectivity index (χ2v) is 5.77. The monoisotopic (exact) mass is 300 g/mol. The number of carbonyl (C=O) groups is 1. The lowest BCUT2D eigenvalue weighted by molar-refractivity contribution is 0.0698. The first-order valence-electron chi connectivity index (χ1n) is 7.45. The summed E-state index contributed by atoms with van der Waals surface area (Å²) >= 11 is 0. The van der Waals surface area contributed by atoms with E-state index >= 15 is 0 Å². The van der Waals surface area contributed by atoms with Crippen molar-refractivity contribution >= 4 is 11.7 Å². The van der Waals surface area contributed by atoms with Crippen molar-refractivity contribution in [3.8, 4) is 0 Å². The maximum absolute atomic E-state index is 12.6. The number of aromatic nitrogens is 4. The SMILES string of the molecule is CN(C)c1ccc(C(=O)N2CCC[C@H](c3ccn[nH]3)C2)nn1. The number of amides is 1. The lowest BCUT2D eigenvalue weighted by Crippen LogP contribution is -2.39. The van der Waals surface area contributed by atoms with Crippen molar-refractivity contribution < 1.29 is 4.79 Å². The fraction of sp³-hybridized carbons (Fsp3) is 0.467. The average Bonchev–Trinajstić information content (AvgIpc) is 3.09. The number of nitrogens with one attached hydrogen (secondary N) is 1. The van der Waals surface area contributed by atoms with Gasteiger partial charge in [0.25, 0.3) is 5.91 Å². The molecule has 3 heterocycles. The first kappa shape index (κ1) is 14.5. The van der Waals surface area contributed by atoms with Gasteiger partial charge < -0.3 is 9.80 Å². The highest BCUT2D eigenvalue weighted by Crippen LogP contribution is 2.26. The van der Waals surface area contributed by atoms with Crippen LogP contribution in [0.3, 0.4) is 0 Å². The van der Waals surface area contributed by atoms with Crippen molar-refractivity contribution in [2.24, 2.45) is 0 Å². The number of nitrogens with zero attached hydrogens (tertiary/aromatic N) is 5. The van der Waals surface area contributed by atoms with Gasteiger partial charge in [-0.05, 0) is 31.0 Å². The maximum atomic E-state index is 12.6. The predicted molar refractivity (Wildman–Crippen MR) is 82.8 cm³/mol. The van der Waals surface area contributed by atoms with Crippen LogP contribution in [-0.4, -0.2) is 58.4 Å². The zero-order valence-corrected chi connectivity index (χ0v) is 12.9. The molecule has 2 aromatic rings. The van der Waals surface area contributed by atoms with Gasteiger partial charge in [-0.3, -0.25) is 9.89 Å². The Labute approximate surface area is 129 Å². The highest BCUT2D eigenvalue weighted by atomic mass is 16.2. The third-order valence-electron chi connectivity index (χ3n) is 4.00. The quantitative estimate of drug-likeness (QED) is 0.924. The van der Waals surface area contributed by atoms with E-state index in [2.05, 4.69) is 20.4 Å². The zero-order valence-electron chi connectivity index (χ0n) is 12.9. The van der Waals surface area contributed by atoms with Crippen molar-refractivity contribution in [1.82, 2.24) is 25.3 Å². The van der Waals surface area contributed by atoms with E-state index < -0.39 is 0 Å². The molecule has 0 unspecified atom stereocenters. The molecule has 0 aliphatic carbocycles. The minimum absolute atomic E-state index is 0.0537. The molecule has 0 bridgehead atoms. The molecule has 7 nitrogen and oxygen atoms in total. The summed E-state index contributed by atoms with van der Waals surface area (Å²) in [6, 6.07) is 5.53. The van der Waals surface area contributed by atoms with Gasteiger partial charge in [-0.2, -0.15) is 5.10 Å². The molecule has 1 fully saturated rings. The van der Waals surface area contributed by atoms with Gasteiger partial charge in [0.15, 0.2) is 11.5 Å². The molecule has 1 aliphatic heterocycles. The van der Waals surface area contributed by atoms with Crippen LogP contribution in [-0.2, 0) is 0 Å². The van der Waals surface area contributed by atoms with E-state index in [0.717, 1.165) is 30.9 Å². The van der Waals surface area contributed by atoms with E-state index in [0.29, 0.717) is 18.2 Å². The number of carbonyl (C=O) groups excluding carboxylic acids is 1. The highest BCUT2D eigenvalue weighted by Gasteiger charge is 2.27. The second kappa shape index (κ2) is 6.13. The molecule has 1 saturated heterocycles. The Bertz CT molecular complexity index is 622. The fourth-order valence-electron chi connectivity index (χ4n) is 2.75. The summed E-state index contributed by atoms with van der Waals surface area (Å²) in [6.45, 7) is 1.46. The molecule has 0 saturated carbocycles. The third-order valence-corrected chi connectivity index (χ3v) is 4.00. The van der Waals surface area contributed by atoms with Crippen LogP contribution in [0.2, 0.25) is 0 Å². The Kier molecular flexibility index (Phi) is 4.04. The number of likely N-dealkylation sites (tertiary alicyclic amines) is 1. The van der Waals surface area contributed by atoms with E-state index in [9.17, 15) is 4.79 Å². The van der Waals surface area contributed by atoms with Crippen LogP contribution >= 0.6 is 0 Å². The van der Waals surface area contributed by atoms with Crippen molar-refractivity contribution in [3.05, 3.63) is 35.8 Å². The summed E-state index contributed by atoms with van der Waals surface area (Å²) in [4.78, 5) is 16.3. The Morgan fingerprint density at radius 2 is 2.18 bits per heavy atom. The van der Waals surface area contributed by atoms with Gasteiger partial charge in [0, 0.05) is 45.0 Å². The number of hydrogen-bond acceptors (Lipinski definition) is 5. The summed E-state index contributed by atoms with van der Waals surface area (Å²) < 4.78 is 0. The van der Waals surface area contributed by atoms with Crippen molar-refractivity contribution in [2.45, 2.75) is 18.8 Å².